The molecule has 0 saturated carbocycles. The van der Waals surface area contributed by atoms with Crippen LogP contribution in [0.1, 0.15) is 51.2 Å². The molecule has 0 bridgehead atoms. The Hall–Kier alpha value is -2.00. The first-order chi connectivity index (χ1) is 13.3. The van der Waals surface area contributed by atoms with Crippen molar-refractivity contribution < 1.29 is 13.2 Å². The van der Waals surface area contributed by atoms with Crippen LogP contribution in [0, 0.1) is 0 Å². The standard InChI is InChI=1S/C19H26F3N5O/c1-4-6-15(26-8-7-23-12(3)11-26)17-25-14-10-24-16(19(20,21)22)9-13(14)18(28)27(17)5-2/h9-10,12,15,23H,4-8,11H2,1-3H3/t12-,15-/m1/s1. The average Bonchev–Trinajstić information content (AvgIpc) is 2.65. The van der Waals surface area contributed by atoms with Crippen LogP contribution in [-0.4, -0.2) is 45.1 Å². The number of nitrogens with zero attached hydrogens (tertiary/aromatic N) is 4. The number of fused-ring (bicyclic) bond motifs is 1. The number of halogens is 3. The van der Waals surface area contributed by atoms with Gasteiger partial charge >= 0.3 is 6.18 Å². The van der Waals surface area contributed by atoms with Gasteiger partial charge in [0.25, 0.3) is 5.56 Å². The van der Waals surface area contributed by atoms with Crippen molar-refractivity contribution in [3.05, 3.63) is 34.1 Å². The number of pyridine rings is 1. The Balaban J connectivity index is 2.14. The van der Waals surface area contributed by atoms with E-state index in [-0.39, 0.29) is 16.9 Å². The Kier molecular flexibility index (Phi) is 6.04. The Morgan fingerprint density at radius 1 is 1.36 bits per heavy atom. The second kappa shape index (κ2) is 8.16. The maximum absolute atomic E-state index is 13.0. The molecule has 2 aromatic rings. The Labute approximate surface area is 161 Å². The van der Waals surface area contributed by atoms with E-state index in [0.717, 1.165) is 44.7 Å². The maximum atomic E-state index is 13.0. The molecule has 0 spiro atoms. The highest BCUT2D eigenvalue weighted by atomic mass is 19.4. The summed E-state index contributed by atoms with van der Waals surface area (Å²) in [6, 6.07) is 1.07. The predicted octanol–water partition coefficient (Wildman–Crippen LogP) is 2.97. The molecule has 28 heavy (non-hydrogen) atoms. The largest absolute Gasteiger partial charge is 0.433 e. The first-order valence-electron chi connectivity index (χ1n) is 9.71. The lowest BCUT2D eigenvalue weighted by Gasteiger charge is -2.38. The number of nitrogens with one attached hydrogen (secondary N) is 1. The molecule has 1 fully saturated rings. The van der Waals surface area contributed by atoms with E-state index in [1.54, 1.807) is 0 Å². The molecule has 3 heterocycles. The van der Waals surface area contributed by atoms with Gasteiger partial charge in [0, 0.05) is 32.2 Å². The molecule has 9 heteroatoms. The molecule has 3 rings (SSSR count). The van der Waals surface area contributed by atoms with Crippen LogP contribution in [0.2, 0.25) is 0 Å². The van der Waals surface area contributed by atoms with Crippen molar-refractivity contribution in [2.75, 3.05) is 19.6 Å². The minimum atomic E-state index is -4.60. The summed E-state index contributed by atoms with van der Waals surface area (Å²) < 4.78 is 40.5. The smallest absolute Gasteiger partial charge is 0.312 e. The highest BCUT2D eigenvalue weighted by Crippen LogP contribution is 2.30. The summed E-state index contributed by atoms with van der Waals surface area (Å²) in [5, 5.41) is 3.36. The van der Waals surface area contributed by atoms with Crippen molar-refractivity contribution in [1.29, 1.82) is 0 Å². The van der Waals surface area contributed by atoms with Crippen LogP contribution in [0.4, 0.5) is 13.2 Å². The molecule has 0 aliphatic carbocycles. The van der Waals surface area contributed by atoms with Crippen LogP contribution >= 0.6 is 0 Å². The number of alkyl halides is 3. The van der Waals surface area contributed by atoms with Crippen molar-refractivity contribution in [3.63, 3.8) is 0 Å². The third-order valence-electron chi connectivity index (χ3n) is 5.18. The Morgan fingerprint density at radius 3 is 2.71 bits per heavy atom. The Bertz CT molecular complexity index is 895. The summed E-state index contributed by atoms with van der Waals surface area (Å²) in [6.07, 6.45) is -1.81. The molecule has 0 aromatic carbocycles. The third-order valence-corrected chi connectivity index (χ3v) is 5.18. The Morgan fingerprint density at radius 2 is 2.11 bits per heavy atom. The van der Waals surface area contributed by atoms with Crippen LogP contribution in [0.3, 0.4) is 0 Å². The van der Waals surface area contributed by atoms with Gasteiger partial charge in [-0.25, -0.2) is 9.97 Å². The van der Waals surface area contributed by atoms with Gasteiger partial charge in [0.1, 0.15) is 11.5 Å². The van der Waals surface area contributed by atoms with Crippen LogP contribution in [0.5, 0.6) is 0 Å². The second-order valence-corrected chi connectivity index (χ2v) is 7.26. The molecule has 0 amide bonds. The zero-order valence-corrected chi connectivity index (χ0v) is 16.4. The minimum absolute atomic E-state index is 0.0446. The molecule has 1 saturated heterocycles. The van der Waals surface area contributed by atoms with E-state index in [0.29, 0.717) is 18.4 Å². The van der Waals surface area contributed by atoms with Crippen LogP contribution < -0.4 is 10.9 Å². The van der Waals surface area contributed by atoms with Crippen molar-refractivity contribution in [3.8, 4) is 0 Å². The van der Waals surface area contributed by atoms with E-state index >= 15 is 0 Å². The number of aromatic nitrogens is 3. The van der Waals surface area contributed by atoms with E-state index in [2.05, 4.69) is 34.0 Å². The van der Waals surface area contributed by atoms with Gasteiger partial charge in [-0.05, 0) is 26.3 Å². The number of hydrogen-bond donors (Lipinski definition) is 1. The quantitative estimate of drug-likeness (QED) is 0.841. The first kappa shape index (κ1) is 20.7. The van der Waals surface area contributed by atoms with Crippen molar-refractivity contribution in [2.45, 2.75) is 58.4 Å². The topological polar surface area (TPSA) is 63.1 Å². The van der Waals surface area contributed by atoms with Crippen LogP contribution in [0.25, 0.3) is 10.9 Å². The predicted molar refractivity (Wildman–Crippen MR) is 101 cm³/mol. The zero-order chi connectivity index (χ0) is 20.5. The van der Waals surface area contributed by atoms with Gasteiger partial charge in [-0.15, -0.1) is 0 Å². The maximum Gasteiger partial charge on any atom is 0.433 e. The minimum Gasteiger partial charge on any atom is -0.312 e. The molecule has 0 unspecified atom stereocenters. The molecule has 154 valence electrons. The van der Waals surface area contributed by atoms with E-state index in [1.165, 1.54) is 4.57 Å². The van der Waals surface area contributed by atoms with Crippen molar-refractivity contribution in [2.24, 2.45) is 0 Å². The highest BCUT2D eigenvalue weighted by Gasteiger charge is 2.33. The number of rotatable bonds is 5. The lowest BCUT2D eigenvalue weighted by atomic mass is 10.1. The van der Waals surface area contributed by atoms with Crippen LogP contribution in [-0.2, 0) is 12.7 Å². The molecule has 1 aliphatic rings. The molecule has 1 N–H and O–H groups in total. The SMILES string of the molecule is CCC[C@H](c1nc2cnc(C(F)(F)F)cc2c(=O)n1CC)N1CCN[C@H](C)C1. The van der Waals surface area contributed by atoms with Gasteiger partial charge in [0.2, 0.25) is 0 Å². The summed E-state index contributed by atoms with van der Waals surface area (Å²) in [6.45, 7) is 8.85. The summed E-state index contributed by atoms with van der Waals surface area (Å²) in [4.78, 5) is 23.4. The first-order valence-corrected chi connectivity index (χ1v) is 9.71. The fourth-order valence-electron chi connectivity index (χ4n) is 3.85. The second-order valence-electron chi connectivity index (χ2n) is 7.26. The zero-order valence-electron chi connectivity index (χ0n) is 16.4. The average molecular weight is 397 g/mol. The summed E-state index contributed by atoms with van der Waals surface area (Å²) >= 11 is 0. The lowest BCUT2D eigenvalue weighted by Crippen LogP contribution is -2.51. The molecule has 2 atom stereocenters. The normalized spacial score (nSPS) is 19.9. The van der Waals surface area contributed by atoms with Gasteiger partial charge in [0.05, 0.1) is 23.1 Å². The van der Waals surface area contributed by atoms with E-state index in [1.807, 2.05) is 6.92 Å². The number of piperazine rings is 1. The van der Waals surface area contributed by atoms with Gasteiger partial charge in [0.15, 0.2) is 0 Å². The molecule has 2 aromatic heterocycles. The monoisotopic (exact) mass is 397 g/mol. The van der Waals surface area contributed by atoms with Crippen molar-refractivity contribution >= 4 is 10.9 Å². The van der Waals surface area contributed by atoms with Gasteiger partial charge < -0.3 is 5.32 Å². The van der Waals surface area contributed by atoms with Gasteiger partial charge in [-0.1, -0.05) is 13.3 Å². The van der Waals surface area contributed by atoms with Crippen LogP contribution in [0.15, 0.2) is 17.1 Å². The molecule has 0 radical (unpaired) electrons. The lowest BCUT2D eigenvalue weighted by molar-refractivity contribution is -0.141. The fraction of sp³-hybridized carbons (Fsp3) is 0.632. The van der Waals surface area contributed by atoms with E-state index in [4.69, 9.17) is 0 Å². The van der Waals surface area contributed by atoms with E-state index < -0.39 is 17.4 Å². The van der Waals surface area contributed by atoms with Crippen molar-refractivity contribution in [1.82, 2.24) is 24.8 Å². The molecule has 6 nitrogen and oxygen atoms in total. The highest BCUT2D eigenvalue weighted by molar-refractivity contribution is 5.77. The summed E-state index contributed by atoms with van der Waals surface area (Å²) in [5.74, 6) is 0.609. The molecular formula is C19H26F3N5O. The van der Waals surface area contributed by atoms with E-state index in [9.17, 15) is 18.0 Å². The summed E-state index contributed by atoms with van der Waals surface area (Å²) in [5.41, 5.74) is -1.31. The fourth-order valence-corrected chi connectivity index (χ4v) is 3.85. The van der Waals surface area contributed by atoms with Gasteiger partial charge in [-0.2, -0.15) is 13.2 Å². The molecule has 1 aliphatic heterocycles. The molecular weight excluding hydrogens is 371 g/mol. The third kappa shape index (κ3) is 4.05. The van der Waals surface area contributed by atoms with Gasteiger partial charge in [-0.3, -0.25) is 14.3 Å². The number of hydrogen-bond acceptors (Lipinski definition) is 5. The summed E-state index contributed by atoms with van der Waals surface area (Å²) in [7, 11) is 0.